The predicted molar refractivity (Wildman–Crippen MR) is 83.1 cm³/mol. The van der Waals surface area contributed by atoms with Gasteiger partial charge in [-0.05, 0) is 52.2 Å². The third-order valence-electron chi connectivity index (χ3n) is 4.77. The topological polar surface area (TPSA) is 43.9 Å². The molecule has 5 heteroatoms. The predicted octanol–water partition coefficient (Wildman–Crippen LogP) is 2.32. The summed E-state index contributed by atoms with van der Waals surface area (Å²) in [6, 6.07) is 0.134. The maximum atomic E-state index is 12.4. The van der Waals surface area contributed by atoms with Crippen LogP contribution in [0.25, 0.3) is 0 Å². The van der Waals surface area contributed by atoms with Gasteiger partial charge < -0.3 is 9.80 Å². The average Bonchev–Trinajstić information content (AvgIpc) is 2.51. The first-order valence-corrected chi connectivity index (χ1v) is 8.46. The number of urea groups is 1. The van der Waals surface area contributed by atoms with Gasteiger partial charge in [-0.1, -0.05) is 13.3 Å². The summed E-state index contributed by atoms with van der Waals surface area (Å²) >= 11 is 0. The van der Waals surface area contributed by atoms with Crippen LogP contribution in [-0.4, -0.2) is 65.4 Å². The fraction of sp³-hybridized carbons (Fsp3) is 0.875. The van der Waals surface area contributed by atoms with Crippen molar-refractivity contribution >= 4 is 11.9 Å². The van der Waals surface area contributed by atoms with E-state index >= 15 is 0 Å². The molecule has 2 aliphatic rings. The third kappa shape index (κ3) is 4.19. The van der Waals surface area contributed by atoms with Gasteiger partial charge in [0.25, 0.3) is 0 Å². The van der Waals surface area contributed by atoms with Gasteiger partial charge in [0, 0.05) is 25.6 Å². The molecule has 2 aliphatic heterocycles. The Balaban J connectivity index is 1.82. The van der Waals surface area contributed by atoms with Crippen LogP contribution in [-0.2, 0) is 4.79 Å². The van der Waals surface area contributed by atoms with Crippen LogP contribution in [0.5, 0.6) is 0 Å². The molecule has 5 nitrogen and oxygen atoms in total. The summed E-state index contributed by atoms with van der Waals surface area (Å²) in [5.74, 6) is -0.00167. The second-order valence-corrected chi connectivity index (χ2v) is 6.28. The van der Waals surface area contributed by atoms with E-state index in [9.17, 15) is 9.59 Å². The minimum atomic E-state index is -0.0840. The highest BCUT2D eigenvalue weighted by molar-refractivity contribution is 5.96. The number of hydrogen-bond donors (Lipinski definition) is 0. The van der Waals surface area contributed by atoms with Crippen molar-refractivity contribution in [1.82, 2.24) is 14.7 Å². The molecule has 0 radical (unpaired) electrons. The van der Waals surface area contributed by atoms with Crippen molar-refractivity contribution in [3.63, 3.8) is 0 Å². The molecular formula is C16H29N3O2. The lowest BCUT2D eigenvalue weighted by Crippen LogP contribution is -2.55. The highest BCUT2D eigenvalue weighted by Crippen LogP contribution is 2.16. The summed E-state index contributed by atoms with van der Waals surface area (Å²) in [4.78, 5) is 30.2. The lowest BCUT2D eigenvalue weighted by Gasteiger charge is -2.38. The van der Waals surface area contributed by atoms with Crippen molar-refractivity contribution in [3.8, 4) is 0 Å². The van der Waals surface area contributed by atoms with Crippen LogP contribution in [0.1, 0.15) is 52.4 Å². The van der Waals surface area contributed by atoms with Gasteiger partial charge in [0.15, 0.2) is 0 Å². The number of carbonyl (C=O) groups excluding carboxylic acids is 2. The van der Waals surface area contributed by atoms with Crippen LogP contribution in [0.4, 0.5) is 4.79 Å². The molecule has 21 heavy (non-hydrogen) atoms. The fourth-order valence-corrected chi connectivity index (χ4v) is 3.19. The Morgan fingerprint density at radius 2 is 1.76 bits per heavy atom. The minimum Gasteiger partial charge on any atom is -0.321 e. The normalized spacial score (nSPS) is 22.8. The lowest BCUT2D eigenvalue weighted by atomic mass is 10.1. The summed E-state index contributed by atoms with van der Waals surface area (Å²) in [5, 5.41) is 0. The van der Waals surface area contributed by atoms with Gasteiger partial charge in [-0.3, -0.25) is 9.69 Å². The molecule has 120 valence electrons. The van der Waals surface area contributed by atoms with Crippen LogP contribution < -0.4 is 0 Å². The second kappa shape index (κ2) is 7.78. The Hall–Kier alpha value is -1.10. The number of rotatable bonds is 6. The van der Waals surface area contributed by atoms with Crippen molar-refractivity contribution in [3.05, 3.63) is 0 Å². The monoisotopic (exact) mass is 295 g/mol. The van der Waals surface area contributed by atoms with Crippen LogP contribution in [0, 0.1) is 0 Å². The number of imide groups is 1. The summed E-state index contributed by atoms with van der Waals surface area (Å²) in [6.45, 7) is 8.62. The van der Waals surface area contributed by atoms with Crippen LogP contribution in [0.15, 0.2) is 0 Å². The molecule has 2 rings (SSSR count). The van der Waals surface area contributed by atoms with Crippen molar-refractivity contribution in [2.24, 2.45) is 0 Å². The molecule has 0 aromatic rings. The number of hydrogen-bond acceptors (Lipinski definition) is 3. The molecule has 2 heterocycles. The zero-order chi connectivity index (χ0) is 15.2. The van der Waals surface area contributed by atoms with E-state index in [1.807, 2.05) is 4.90 Å². The number of likely N-dealkylation sites (tertiary alicyclic amines) is 1. The van der Waals surface area contributed by atoms with Crippen molar-refractivity contribution in [2.75, 3.05) is 32.7 Å². The Bertz CT molecular complexity index is 367. The smallest absolute Gasteiger partial charge is 0.321 e. The summed E-state index contributed by atoms with van der Waals surface area (Å²) in [5.41, 5.74) is 0. The lowest BCUT2D eigenvalue weighted by molar-refractivity contribution is -0.131. The van der Waals surface area contributed by atoms with E-state index in [-0.39, 0.29) is 18.0 Å². The molecule has 0 bridgehead atoms. The largest absolute Gasteiger partial charge is 0.326 e. The molecule has 2 saturated heterocycles. The third-order valence-corrected chi connectivity index (χ3v) is 4.77. The van der Waals surface area contributed by atoms with Crippen LogP contribution >= 0.6 is 0 Å². The molecule has 0 saturated carbocycles. The van der Waals surface area contributed by atoms with Gasteiger partial charge in [0.1, 0.15) is 0 Å². The second-order valence-electron chi connectivity index (χ2n) is 6.28. The molecule has 2 fully saturated rings. The van der Waals surface area contributed by atoms with Crippen molar-refractivity contribution < 1.29 is 9.59 Å². The van der Waals surface area contributed by atoms with Gasteiger partial charge in [-0.25, -0.2) is 4.79 Å². The van der Waals surface area contributed by atoms with Crippen molar-refractivity contribution in [2.45, 2.75) is 58.4 Å². The van der Waals surface area contributed by atoms with E-state index in [4.69, 9.17) is 0 Å². The van der Waals surface area contributed by atoms with Gasteiger partial charge >= 0.3 is 6.03 Å². The van der Waals surface area contributed by atoms with Crippen LogP contribution in [0.3, 0.4) is 0 Å². The number of carbonyl (C=O) groups is 2. The maximum Gasteiger partial charge on any atom is 0.326 e. The number of nitrogens with zero attached hydrogens (tertiary/aromatic N) is 3. The average molecular weight is 295 g/mol. The molecule has 0 aromatic carbocycles. The van der Waals surface area contributed by atoms with E-state index in [1.54, 1.807) is 0 Å². The Kier molecular flexibility index (Phi) is 6.03. The van der Waals surface area contributed by atoms with Gasteiger partial charge in [0.05, 0.1) is 0 Å². The molecule has 1 unspecified atom stereocenters. The fourth-order valence-electron chi connectivity index (χ4n) is 3.19. The Morgan fingerprint density at radius 1 is 1.05 bits per heavy atom. The number of piperidine rings is 1. The van der Waals surface area contributed by atoms with Crippen molar-refractivity contribution in [1.29, 1.82) is 0 Å². The summed E-state index contributed by atoms with van der Waals surface area (Å²) < 4.78 is 0. The SMILES string of the molecule is CCC(C)N1CCC(=O)N(CCCN2CCCCC2)C1=O. The first-order chi connectivity index (χ1) is 10.1. The number of amides is 3. The highest BCUT2D eigenvalue weighted by Gasteiger charge is 2.33. The molecule has 0 spiro atoms. The van der Waals surface area contributed by atoms with E-state index in [0.29, 0.717) is 19.5 Å². The van der Waals surface area contributed by atoms with E-state index in [1.165, 1.54) is 37.3 Å². The summed E-state index contributed by atoms with van der Waals surface area (Å²) in [6.07, 6.45) is 6.20. The first kappa shape index (κ1) is 16.3. The Labute approximate surface area is 128 Å². The van der Waals surface area contributed by atoms with Gasteiger partial charge in [0.2, 0.25) is 5.91 Å². The van der Waals surface area contributed by atoms with Gasteiger partial charge in [-0.2, -0.15) is 0 Å². The molecule has 0 aliphatic carbocycles. The zero-order valence-corrected chi connectivity index (χ0v) is 13.5. The van der Waals surface area contributed by atoms with E-state index in [0.717, 1.165) is 19.4 Å². The summed E-state index contributed by atoms with van der Waals surface area (Å²) in [7, 11) is 0. The highest BCUT2D eigenvalue weighted by atomic mass is 16.2. The molecular weight excluding hydrogens is 266 g/mol. The van der Waals surface area contributed by atoms with E-state index < -0.39 is 0 Å². The molecule has 0 aromatic heterocycles. The quantitative estimate of drug-likeness (QED) is 0.755. The van der Waals surface area contributed by atoms with Gasteiger partial charge in [-0.15, -0.1) is 0 Å². The standard InChI is InChI=1S/C16H29N3O2/c1-3-14(2)18-13-8-15(20)19(16(18)21)12-7-11-17-9-5-4-6-10-17/h14H,3-13H2,1-2H3. The first-order valence-electron chi connectivity index (χ1n) is 8.46. The molecule has 0 N–H and O–H groups in total. The zero-order valence-electron chi connectivity index (χ0n) is 13.5. The maximum absolute atomic E-state index is 12.4. The minimum absolute atomic E-state index is 0.00167. The Morgan fingerprint density at radius 3 is 2.43 bits per heavy atom. The molecule has 3 amide bonds. The van der Waals surface area contributed by atoms with Crippen LogP contribution in [0.2, 0.25) is 0 Å². The van der Waals surface area contributed by atoms with E-state index in [2.05, 4.69) is 18.7 Å². The molecule has 1 atom stereocenters.